The molecule has 0 aliphatic carbocycles. The van der Waals surface area contributed by atoms with Gasteiger partial charge >= 0.3 is 0 Å². The average Bonchev–Trinajstić information content (AvgIpc) is 2.96. The second-order valence-electron chi connectivity index (χ2n) is 4.36. The number of methoxy groups -OCH3 is 1. The smallest absolute Gasteiger partial charge is 0.265 e. The number of hydrogen-bond acceptors (Lipinski definition) is 4. The molecule has 4 nitrogen and oxygen atoms in total. The largest absolute Gasteiger partial charge is 0.496 e. The van der Waals surface area contributed by atoms with Gasteiger partial charge in [0.25, 0.3) is 5.91 Å². The summed E-state index contributed by atoms with van der Waals surface area (Å²) in [6.07, 6.45) is 0. The van der Waals surface area contributed by atoms with Crippen molar-refractivity contribution in [2.75, 3.05) is 19.0 Å². The lowest BCUT2D eigenvalue weighted by Gasteiger charge is -2.07. The van der Waals surface area contributed by atoms with Gasteiger partial charge < -0.3 is 15.8 Å². The number of nitrogens with two attached hydrogens (primary N) is 1. The van der Waals surface area contributed by atoms with E-state index in [2.05, 4.69) is 17.2 Å². The van der Waals surface area contributed by atoms with Crippen LogP contribution in [0.1, 0.15) is 20.8 Å². The third-order valence-corrected chi connectivity index (χ3v) is 3.69. The monoisotopic (exact) mass is 300 g/mol. The number of benzene rings is 1. The Morgan fingerprint density at radius 3 is 2.90 bits per heavy atom. The van der Waals surface area contributed by atoms with Gasteiger partial charge in [-0.05, 0) is 24.6 Å². The summed E-state index contributed by atoms with van der Waals surface area (Å²) in [4.78, 5) is 12.8. The zero-order valence-electron chi connectivity index (χ0n) is 11.9. The lowest BCUT2D eigenvalue weighted by molar-refractivity contribution is 0.103. The summed E-state index contributed by atoms with van der Waals surface area (Å²) in [7, 11) is 1.57. The van der Waals surface area contributed by atoms with Crippen LogP contribution in [-0.2, 0) is 0 Å². The van der Waals surface area contributed by atoms with Crippen molar-refractivity contribution in [1.82, 2.24) is 0 Å². The molecule has 3 N–H and O–H groups in total. The minimum absolute atomic E-state index is 0.178. The Kier molecular flexibility index (Phi) is 4.99. The van der Waals surface area contributed by atoms with Crippen molar-refractivity contribution in [3.63, 3.8) is 0 Å². The van der Waals surface area contributed by atoms with Crippen molar-refractivity contribution in [3.05, 3.63) is 45.6 Å². The summed E-state index contributed by atoms with van der Waals surface area (Å²) < 4.78 is 5.08. The van der Waals surface area contributed by atoms with Crippen LogP contribution in [0.2, 0.25) is 0 Å². The van der Waals surface area contributed by atoms with Crippen molar-refractivity contribution in [1.29, 1.82) is 0 Å². The highest BCUT2D eigenvalue weighted by molar-refractivity contribution is 7.12. The number of nitrogens with one attached hydrogen (secondary N) is 1. The number of carbonyl (C=O) groups excluding carboxylic acids is 1. The molecule has 1 heterocycles. The highest BCUT2D eigenvalue weighted by atomic mass is 32.1. The van der Waals surface area contributed by atoms with Crippen LogP contribution in [0.15, 0.2) is 29.6 Å². The predicted molar refractivity (Wildman–Crippen MR) is 85.9 cm³/mol. The van der Waals surface area contributed by atoms with Crippen molar-refractivity contribution >= 4 is 22.9 Å². The maximum absolute atomic E-state index is 12.2. The average molecular weight is 300 g/mol. The molecule has 108 valence electrons. The van der Waals surface area contributed by atoms with Crippen molar-refractivity contribution in [2.45, 2.75) is 6.92 Å². The van der Waals surface area contributed by atoms with Crippen LogP contribution in [0.5, 0.6) is 5.75 Å². The summed E-state index contributed by atoms with van der Waals surface area (Å²) in [5.74, 6) is 6.28. The molecule has 1 amide bonds. The van der Waals surface area contributed by atoms with E-state index in [1.807, 2.05) is 25.1 Å². The van der Waals surface area contributed by atoms with Crippen LogP contribution in [-0.4, -0.2) is 19.6 Å². The zero-order chi connectivity index (χ0) is 15.2. The van der Waals surface area contributed by atoms with Gasteiger partial charge in [-0.15, -0.1) is 11.3 Å². The van der Waals surface area contributed by atoms with E-state index in [0.717, 1.165) is 11.1 Å². The predicted octanol–water partition coefficient (Wildman–Crippen LogP) is 2.63. The molecular formula is C16H16N2O2S. The number of hydrogen-bond donors (Lipinski definition) is 2. The molecule has 1 aromatic heterocycles. The highest BCUT2D eigenvalue weighted by Crippen LogP contribution is 2.23. The van der Waals surface area contributed by atoms with Crippen LogP contribution in [0.4, 0.5) is 5.69 Å². The number of amides is 1. The Balaban J connectivity index is 2.24. The quantitative estimate of drug-likeness (QED) is 0.856. The van der Waals surface area contributed by atoms with Crippen LogP contribution in [0.3, 0.4) is 0 Å². The summed E-state index contributed by atoms with van der Waals surface area (Å²) >= 11 is 1.34. The van der Waals surface area contributed by atoms with E-state index in [9.17, 15) is 4.79 Å². The Morgan fingerprint density at radius 1 is 1.43 bits per heavy atom. The highest BCUT2D eigenvalue weighted by Gasteiger charge is 2.11. The lowest BCUT2D eigenvalue weighted by atomic mass is 10.1. The van der Waals surface area contributed by atoms with E-state index in [1.54, 1.807) is 18.6 Å². The molecule has 0 aliphatic heterocycles. The topological polar surface area (TPSA) is 64.3 Å². The third kappa shape index (κ3) is 3.85. The third-order valence-electron chi connectivity index (χ3n) is 2.78. The standard InChI is InChI=1S/C16H16N2O2S/c1-11-5-6-14(12(8-11)4-3-7-17)18-16(19)15-9-13(20-2)10-21-15/h5-6,8-10H,7,17H2,1-2H3,(H,18,19). The molecule has 0 spiro atoms. The number of anilines is 1. The first kappa shape index (κ1) is 15.1. The van der Waals surface area contributed by atoms with Gasteiger partial charge in [-0.2, -0.15) is 0 Å². The molecule has 0 saturated carbocycles. The molecule has 1 aromatic carbocycles. The Hall–Kier alpha value is -2.29. The second kappa shape index (κ2) is 6.93. The van der Waals surface area contributed by atoms with Crippen LogP contribution < -0.4 is 15.8 Å². The molecular weight excluding hydrogens is 284 g/mol. The number of thiophene rings is 1. The second-order valence-corrected chi connectivity index (χ2v) is 5.27. The van der Waals surface area contributed by atoms with E-state index in [4.69, 9.17) is 10.5 Å². The van der Waals surface area contributed by atoms with E-state index < -0.39 is 0 Å². The van der Waals surface area contributed by atoms with Crippen molar-refractivity contribution in [2.24, 2.45) is 5.73 Å². The SMILES string of the molecule is COc1csc(C(=O)Nc2ccc(C)cc2C#CCN)c1. The van der Waals surface area contributed by atoms with Crippen molar-refractivity contribution in [3.8, 4) is 17.6 Å². The fourth-order valence-corrected chi connectivity index (χ4v) is 2.50. The summed E-state index contributed by atoms with van der Waals surface area (Å²) in [6, 6.07) is 7.41. The van der Waals surface area contributed by atoms with Gasteiger partial charge in [0.05, 0.1) is 24.2 Å². The van der Waals surface area contributed by atoms with Gasteiger partial charge in [-0.1, -0.05) is 17.9 Å². The molecule has 0 fully saturated rings. The van der Waals surface area contributed by atoms with Gasteiger partial charge in [0, 0.05) is 17.0 Å². The van der Waals surface area contributed by atoms with Gasteiger partial charge in [-0.25, -0.2) is 0 Å². The number of rotatable bonds is 3. The molecule has 21 heavy (non-hydrogen) atoms. The molecule has 0 aliphatic rings. The van der Waals surface area contributed by atoms with E-state index in [-0.39, 0.29) is 12.5 Å². The van der Waals surface area contributed by atoms with Crippen LogP contribution in [0, 0.1) is 18.8 Å². The first-order chi connectivity index (χ1) is 10.1. The van der Waals surface area contributed by atoms with E-state index in [0.29, 0.717) is 16.3 Å². The lowest BCUT2D eigenvalue weighted by Crippen LogP contribution is -2.11. The minimum atomic E-state index is -0.178. The van der Waals surface area contributed by atoms with Gasteiger partial charge in [0.1, 0.15) is 5.75 Å². The molecule has 0 atom stereocenters. The molecule has 0 bridgehead atoms. The zero-order valence-corrected chi connectivity index (χ0v) is 12.7. The fourth-order valence-electron chi connectivity index (χ4n) is 1.75. The maximum atomic E-state index is 12.2. The Morgan fingerprint density at radius 2 is 2.24 bits per heavy atom. The first-order valence-electron chi connectivity index (χ1n) is 6.37. The Bertz CT molecular complexity index is 711. The number of carbonyl (C=O) groups is 1. The summed E-state index contributed by atoms with van der Waals surface area (Å²) in [5.41, 5.74) is 7.92. The van der Waals surface area contributed by atoms with Gasteiger partial charge in [0.15, 0.2) is 0 Å². The maximum Gasteiger partial charge on any atom is 0.265 e. The normalized spacial score (nSPS) is 9.67. The molecule has 0 unspecified atom stereocenters. The fraction of sp³-hybridized carbons (Fsp3) is 0.188. The van der Waals surface area contributed by atoms with Crippen molar-refractivity contribution < 1.29 is 9.53 Å². The van der Waals surface area contributed by atoms with Crippen LogP contribution >= 0.6 is 11.3 Å². The van der Waals surface area contributed by atoms with E-state index >= 15 is 0 Å². The van der Waals surface area contributed by atoms with Gasteiger partial charge in [-0.3, -0.25) is 4.79 Å². The molecule has 2 rings (SSSR count). The minimum Gasteiger partial charge on any atom is -0.496 e. The molecule has 0 radical (unpaired) electrons. The van der Waals surface area contributed by atoms with E-state index in [1.165, 1.54) is 11.3 Å². The summed E-state index contributed by atoms with van der Waals surface area (Å²) in [5, 5.41) is 4.66. The molecule has 5 heteroatoms. The summed E-state index contributed by atoms with van der Waals surface area (Å²) in [6.45, 7) is 2.26. The molecule has 0 saturated heterocycles. The Labute approximate surface area is 127 Å². The van der Waals surface area contributed by atoms with Crippen LogP contribution in [0.25, 0.3) is 0 Å². The van der Waals surface area contributed by atoms with Gasteiger partial charge in [0.2, 0.25) is 0 Å². The first-order valence-corrected chi connectivity index (χ1v) is 7.25. The number of aryl methyl sites for hydroxylation is 1. The number of ether oxygens (including phenoxy) is 1. The molecule has 2 aromatic rings.